The summed E-state index contributed by atoms with van der Waals surface area (Å²) in [5, 5.41) is 1.43. The molecule has 3 aromatic heterocycles. The lowest BCUT2D eigenvalue weighted by atomic mass is 10.1. The van der Waals surface area contributed by atoms with Gasteiger partial charge < -0.3 is 5.73 Å². The zero-order valence-electron chi connectivity index (χ0n) is 15.6. The normalized spacial score (nSPS) is 15.6. The van der Waals surface area contributed by atoms with Crippen LogP contribution in [0.5, 0.6) is 0 Å². The Morgan fingerprint density at radius 2 is 1.93 bits per heavy atom. The SMILES string of the molecule is Cc1ccncc1-c1cc2cc(NS(=O)(=O)N3CCCCC3)ncc2c(N)n1. The molecule has 4 heterocycles. The van der Waals surface area contributed by atoms with Gasteiger partial charge in [0, 0.05) is 42.6 Å². The largest absolute Gasteiger partial charge is 0.383 e. The third-order valence-corrected chi connectivity index (χ3v) is 6.46. The molecule has 3 aromatic rings. The summed E-state index contributed by atoms with van der Waals surface area (Å²) < 4.78 is 29.3. The summed E-state index contributed by atoms with van der Waals surface area (Å²) in [6, 6.07) is 5.46. The molecule has 28 heavy (non-hydrogen) atoms. The van der Waals surface area contributed by atoms with Gasteiger partial charge in [0.1, 0.15) is 11.6 Å². The minimum absolute atomic E-state index is 0.262. The van der Waals surface area contributed by atoms with Crippen LogP contribution in [0.1, 0.15) is 24.8 Å². The van der Waals surface area contributed by atoms with Crippen LogP contribution >= 0.6 is 0 Å². The molecule has 0 aromatic carbocycles. The summed E-state index contributed by atoms with van der Waals surface area (Å²) in [6.45, 7) is 3.04. The quantitative estimate of drug-likeness (QED) is 0.698. The van der Waals surface area contributed by atoms with Crippen LogP contribution in [0.2, 0.25) is 0 Å². The summed E-state index contributed by atoms with van der Waals surface area (Å²) in [6.07, 6.45) is 7.82. The number of aromatic nitrogens is 3. The highest BCUT2D eigenvalue weighted by Crippen LogP contribution is 2.29. The molecule has 0 amide bonds. The molecule has 1 aliphatic heterocycles. The van der Waals surface area contributed by atoms with E-state index < -0.39 is 10.2 Å². The summed E-state index contributed by atoms with van der Waals surface area (Å²) in [4.78, 5) is 12.8. The van der Waals surface area contributed by atoms with Gasteiger partial charge >= 0.3 is 10.2 Å². The first-order chi connectivity index (χ1) is 13.4. The van der Waals surface area contributed by atoms with Crippen LogP contribution in [0.3, 0.4) is 0 Å². The van der Waals surface area contributed by atoms with Gasteiger partial charge in [-0.2, -0.15) is 12.7 Å². The topological polar surface area (TPSA) is 114 Å². The van der Waals surface area contributed by atoms with Crippen LogP contribution in [0, 0.1) is 6.92 Å². The van der Waals surface area contributed by atoms with Crippen molar-refractivity contribution in [1.82, 2.24) is 19.3 Å². The zero-order valence-corrected chi connectivity index (χ0v) is 16.4. The fourth-order valence-corrected chi connectivity index (χ4v) is 4.65. The molecule has 1 saturated heterocycles. The van der Waals surface area contributed by atoms with Gasteiger partial charge in [-0.05, 0) is 48.9 Å². The van der Waals surface area contributed by atoms with Gasteiger partial charge in [-0.3, -0.25) is 9.71 Å². The molecule has 9 heteroatoms. The molecule has 0 radical (unpaired) electrons. The highest BCUT2D eigenvalue weighted by Gasteiger charge is 2.24. The van der Waals surface area contributed by atoms with Crippen molar-refractivity contribution in [2.45, 2.75) is 26.2 Å². The molecular formula is C19H22N6O2S. The van der Waals surface area contributed by atoms with E-state index in [2.05, 4.69) is 19.7 Å². The highest BCUT2D eigenvalue weighted by atomic mass is 32.2. The van der Waals surface area contributed by atoms with Crippen molar-refractivity contribution < 1.29 is 8.42 Å². The average Bonchev–Trinajstić information content (AvgIpc) is 2.68. The molecule has 146 valence electrons. The molecular weight excluding hydrogens is 376 g/mol. The predicted octanol–water partition coefficient (Wildman–Crippen LogP) is 2.73. The van der Waals surface area contributed by atoms with Crippen LogP contribution in [0.4, 0.5) is 11.6 Å². The zero-order chi connectivity index (χ0) is 19.7. The number of nitrogens with one attached hydrogen (secondary N) is 1. The van der Waals surface area contributed by atoms with Crippen molar-refractivity contribution in [2.24, 2.45) is 0 Å². The molecule has 0 atom stereocenters. The number of piperidine rings is 1. The molecule has 0 bridgehead atoms. The second-order valence-electron chi connectivity index (χ2n) is 6.94. The monoisotopic (exact) mass is 398 g/mol. The van der Waals surface area contributed by atoms with Crippen LogP contribution < -0.4 is 10.5 Å². The predicted molar refractivity (Wildman–Crippen MR) is 110 cm³/mol. The summed E-state index contributed by atoms with van der Waals surface area (Å²) in [5.74, 6) is 0.603. The Kier molecular flexibility index (Phi) is 4.86. The molecule has 0 aliphatic carbocycles. The van der Waals surface area contributed by atoms with E-state index in [-0.39, 0.29) is 5.82 Å². The number of nitrogens with zero attached hydrogens (tertiary/aromatic N) is 4. The first-order valence-corrected chi connectivity index (χ1v) is 10.6. The van der Waals surface area contributed by atoms with Gasteiger partial charge in [-0.15, -0.1) is 0 Å². The van der Waals surface area contributed by atoms with E-state index in [1.54, 1.807) is 24.7 Å². The first kappa shape index (κ1) is 18.6. The van der Waals surface area contributed by atoms with Gasteiger partial charge in [-0.1, -0.05) is 6.42 Å². The lowest BCUT2D eigenvalue weighted by Gasteiger charge is -2.25. The van der Waals surface area contributed by atoms with E-state index in [1.165, 1.54) is 4.31 Å². The van der Waals surface area contributed by atoms with Gasteiger partial charge in [0.15, 0.2) is 0 Å². The van der Waals surface area contributed by atoms with E-state index in [0.29, 0.717) is 30.0 Å². The van der Waals surface area contributed by atoms with Gasteiger partial charge in [0.25, 0.3) is 0 Å². The van der Waals surface area contributed by atoms with E-state index in [9.17, 15) is 8.42 Å². The van der Waals surface area contributed by atoms with Crippen molar-refractivity contribution >= 4 is 32.6 Å². The highest BCUT2D eigenvalue weighted by molar-refractivity contribution is 7.90. The Morgan fingerprint density at radius 3 is 2.68 bits per heavy atom. The third kappa shape index (κ3) is 3.63. The molecule has 3 N–H and O–H groups in total. The summed E-state index contributed by atoms with van der Waals surface area (Å²) in [5.41, 5.74) is 8.71. The van der Waals surface area contributed by atoms with E-state index in [0.717, 1.165) is 35.8 Å². The number of hydrogen-bond donors (Lipinski definition) is 2. The number of anilines is 2. The van der Waals surface area contributed by atoms with Crippen molar-refractivity contribution in [3.63, 3.8) is 0 Å². The number of hydrogen-bond acceptors (Lipinski definition) is 6. The summed E-state index contributed by atoms with van der Waals surface area (Å²) >= 11 is 0. The van der Waals surface area contributed by atoms with Crippen LogP contribution in [-0.2, 0) is 10.2 Å². The standard InChI is InChI=1S/C19H22N6O2S/c1-13-5-6-21-11-15(13)17-9-14-10-18(22-12-16(14)19(20)23-17)24-28(26,27)25-7-3-2-4-8-25/h5-6,9-12H,2-4,7-8H2,1H3,(H2,20,23)(H,22,24). The average molecular weight is 398 g/mol. The maximum absolute atomic E-state index is 12.6. The number of nitrogen functional groups attached to an aromatic ring is 1. The van der Waals surface area contributed by atoms with Gasteiger partial charge in [0.2, 0.25) is 0 Å². The Bertz CT molecular complexity index is 1130. The summed E-state index contributed by atoms with van der Waals surface area (Å²) in [7, 11) is -3.62. The number of pyridine rings is 3. The maximum atomic E-state index is 12.6. The van der Waals surface area contributed by atoms with Crippen molar-refractivity contribution in [3.05, 3.63) is 42.4 Å². The van der Waals surface area contributed by atoms with E-state index in [1.807, 2.05) is 19.1 Å². The number of nitrogens with two attached hydrogens (primary N) is 1. The fourth-order valence-electron chi connectivity index (χ4n) is 3.40. The second kappa shape index (κ2) is 7.33. The molecule has 4 rings (SSSR count). The Morgan fingerprint density at radius 1 is 1.14 bits per heavy atom. The molecule has 0 spiro atoms. The van der Waals surface area contributed by atoms with Gasteiger partial charge in [0.05, 0.1) is 5.69 Å². The van der Waals surface area contributed by atoms with Crippen LogP contribution in [0.15, 0.2) is 36.8 Å². The van der Waals surface area contributed by atoms with Crippen molar-refractivity contribution in [2.75, 3.05) is 23.5 Å². The lowest BCUT2D eigenvalue weighted by molar-refractivity contribution is 0.349. The van der Waals surface area contributed by atoms with E-state index in [4.69, 9.17) is 5.73 Å². The number of fused-ring (bicyclic) bond motifs is 1. The van der Waals surface area contributed by atoms with Gasteiger partial charge in [-0.25, -0.2) is 9.97 Å². The molecule has 1 aliphatic rings. The molecule has 1 fully saturated rings. The minimum atomic E-state index is -3.62. The minimum Gasteiger partial charge on any atom is -0.383 e. The smallest absolute Gasteiger partial charge is 0.302 e. The Labute approximate surface area is 164 Å². The first-order valence-electron chi connectivity index (χ1n) is 9.19. The van der Waals surface area contributed by atoms with Crippen molar-refractivity contribution in [1.29, 1.82) is 0 Å². The third-order valence-electron chi connectivity index (χ3n) is 4.95. The molecule has 0 unspecified atom stereocenters. The number of aryl methyl sites for hydroxylation is 1. The number of rotatable bonds is 4. The Balaban J connectivity index is 1.71. The van der Waals surface area contributed by atoms with Crippen molar-refractivity contribution in [3.8, 4) is 11.3 Å². The fraction of sp³-hybridized carbons (Fsp3) is 0.316. The molecule has 8 nitrogen and oxygen atoms in total. The maximum Gasteiger partial charge on any atom is 0.302 e. The van der Waals surface area contributed by atoms with Crippen LogP contribution in [-0.4, -0.2) is 40.8 Å². The lowest BCUT2D eigenvalue weighted by Crippen LogP contribution is -2.39. The molecule has 0 saturated carbocycles. The second-order valence-corrected chi connectivity index (χ2v) is 8.61. The Hall–Kier alpha value is -2.78. The van der Waals surface area contributed by atoms with E-state index >= 15 is 0 Å². The van der Waals surface area contributed by atoms with Crippen LogP contribution in [0.25, 0.3) is 22.0 Å².